The SMILES string of the molecule is c1ccc(-c2ccc3c(N(c4ccccc4)c4ccccc4-c4ccccc4-c4ccccc4)cc4ccc5oc(-c6ccccc6)nc5c4c3c2)cc1. The Labute approximate surface area is 314 Å². The van der Waals surface area contributed by atoms with Gasteiger partial charge in [-0.05, 0) is 87.1 Å². The molecule has 0 amide bonds. The normalized spacial score (nSPS) is 11.3. The molecule has 0 unspecified atom stereocenters. The fourth-order valence-corrected chi connectivity index (χ4v) is 7.78. The summed E-state index contributed by atoms with van der Waals surface area (Å²) in [5, 5.41) is 4.40. The zero-order chi connectivity index (χ0) is 35.8. The van der Waals surface area contributed by atoms with Crippen molar-refractivity contribution in [3.8, 4) is 44.8 Å². The van der Waals surface area contributed by atoms with Crippen LogP contribution in [0.15, 0.2) is 211 Å². The number of fused-ring (bicyclic) bond motifs is 5. The summed E-state index contributed by atoms with van der Waals surface area (Å²) in [6, 6.07) is 73.0. The molecular weight excluding hydrogens is 657 g/mol. The molecule has 0 spiro atoms. The van der Waals surface area contributed by atoms with Crippen molar-refractivity contribution in [3.05, 3.63) is 206 Å². The number of oxazole rings is 1. The monoisotopic (exact) mass is 690 g/mol. The molecule has 3 nitrogen and oxygen atoms in total. The summed E-state index contributed by atoms with van der Waals surface area (Å²) in [4.78, 5) is 7.59. The Morgan fingerprint density at radius 1 is 0.389 bits per heavy atom. The van der Waals surface area contributed by atoms with Crippen LogP contribution < -0.4 is 4.90 Å². The first-order valence-corrected chi connectivity index (χ1v) is 18.3. The maximum Gasteiger partial charge on any atom is 0.227 e. The molecule has 1 aromatic heterocycles. The summed E-state index contributed by atoms with van der Waals surface area (Å²) in [5.74, 6) is 0.617. The first-order chi connectivity index (χ1) is 26.8. The van der Waals surface area contributed by atoms with Gasteiger partial charge in [0.2, 0.25) is 5.89 Å². The molecule has 3 heteroatoms. The molecule has 54 heavy (non-hydrogen) atoms. The molecule has 0 aliphatic heterocycles. The highest BCUT2D eigenvalue weighted by molar-refractivity contribution is 6.23. The molecule has 0 saturated heterocycles. The summed E-state index contributed by atoms with van der Waals surface area (Å²) < 4.78 is 6.43. The third-order valence-corrected chi connectivity index (χ3v) is 10.3. The average Bonchev–Trinajstić information content (AvgIpc) is 3.70. The number of para-hydroxylation sites is 2. The predicted octanol–water partition coefficient (Wildman–Crippen LogP) is 14.3. The van der Waals surface area contributed by atoms with Crippen molar-refractivity contribution in [2.75, 3.05) is 4.90 Å². The van der Waals surface area contributed by atoms with Crippen LogP contribution in [0, 0.1) is 0 Å². The molecule has 0 aliphatic rings. The van der Waals surface area contributed by atoms with E-state index in [-0.39, 0.29) is 0 Å². The quantitative estimate of drug-likeness (QED) is 0.156. The molecule has 254 valence electrons. The van der Waals surface area contributed by atoms with Crippen molar-refractivity contribution in [2.45, 2.75) is 0 Å². The van der Waals surface area contributed by atoms with Crippen LogP contribution in [0.1, 0.15) is 0 Å². The molecule has 0 aliphatic carbocycles. The van der Waals surface area contributed by atoms with E-state index in [0.29, 0.717) is 5.89 Å². The van der Waals surface area contributed by atoms with E-state index in [2.05, 4.69) is 181 Å². The van der Waals surface area contributed by atoms with Gasteiger partial charge in [0.15, 0.2) is 5.58 Å². The lowest BCUT2D eigenvalue weighted by Crippen LogP contribution is -2.12. The van der Waals surface area contributed by atoms with Crippen LogP contribution in [0.2, 0.25) is 0 Å². The van der Waals surface area contributed by atoms with E-state index in [1.807, 2.05) is 30.3 Å². The molecule has 9 aromatic carbocycles. The van der Waals surface area contributed by atoms with Crippen LogP contribution >= 0.6 is 0 Å². The number of rotatable bonds is 7. The van der Waals surface area contributed by atoms with Gasteiger partial charge >= 0.3 is 0 Å². The molecule has 0 saturated carbocycles. The minimum atomic E-state index is 0.617. The number of benzene rings is 9. The molecule has 1 heterocycles. The molecule has 0 N–H and O–H groups in total. The van der Waals surface area contributed by atoms with Crippen LogP contribution in [-0.4, -0.2) is 4.98 Å². The van der Waals surface area contributed by atoms with E-state index >= 15 is 0 Å². The van der Waals surface area contributed by atoms with E-state index < -0.39 is 0 Å². The number of hydrogen-bond acceptors (Lipinski definition) is 3. The van der Waals surface area contributed by atoms with Crippen molar-refractivity contribution in [1.29, 1.82) is 0 Å². The van der Waals surface area contributed by atoms with E-state index in [1.165, 1.54) is 16.7 Å². The number of anilines is 3. The van der Waals surface area contributed by atoms with Gasteiger partial charge in [0.1, 0.15) is 5.52 Å². The zero-order valence-corrected chi connectivity index (χ0v) is 29.4. The van der Waals surface area contributed by atoms with Gasteiger partial charge in [-0.3, -0.25) is 0 Å². The topological polar surface area (TPSA) is 29.3 Å². The smallest absolute Gasteiger partial charge is 0.227 e. The van der Waals surface area contributed by atoms with Crippen LogP contribution in [0.3, 0.4) is 0 Å². The lowest BCUT2D eigenvalue weighted by atomic mass is 9.92. The third-order valence-electron chi connectivity index (χ3n) is 10.3. The predicted molar refractivity (Wildman–Crippen MR) is 225 cm³/mol. The van der Waals surface area contributed by atoms with Gasteiger partial charge in [-0.25, -0.2) is 4.98 Å². The molecule has 0 radical (unpaired) electrons. The Morgan fingerprint density at radius 3 is 1.70 bits per heavy atom. The Kier molecular flexibility index (Phi) is 7.81. The van der Waals surface area contributed by atoms with Gasteiger partial charge in [-0.15, -0.1) is 0 Å². The number of nitrogens with zero attached hydrogens (tertiary/aromatic N) is 2. The lowest BCUT2D eigenvalue weighted by molar-refractivity contribution is 0.620. The van der Waals surface area contributed by atoms with Crippen molar-refractivity contribution in [1.82, 2.24) is 4.98 Å². The van der Waals surface area contributed by atoms with Crippen LogP contribution in [-0.2, 0) is 0 Å². The van der Waals surface area contributed by atoms with Gasteiger partial charge in [0.05, 0.1) is 11.4 Å². The third kappa shape index (κ3) is 5.51. The van der Waals surface area contributed by atoms with Crippen molar-refractivity contribution in [2.24, 2.45) is 0 Å². The number of aromatic nitrogens is 1. The lowest BCUT2D eigenvalue weighted by Gasteiger charge is -2.30. The van der Waals surface area contributed by atoms with Crippen LogP contribution in [0.4, 0.5) is 17.1 Å². The Balaban J connectivity index is 1.27. The summed E-state index contributed by atoms with van der Waals surface area (Å²) >= 11 is 0. The second-order valence-electron chi connectivity index (χ2n) is 13.5. The van der Waals surface area contributed by atoms with Gasteiger partial charge in [-0.2, -0.15) is 0 Å². The minimum absolute atomic E-state index is 0.617. The van der Waals surface area contributed by atoms with Gasteiger partial charge in [0, 0.05) is 27.6 Å². The first-order valence-electron chi connectivity index (χ1n) is 18.3. The van der Waals surface area contributed by atoms with Crippen molar-refractivity contribution in [3.63, 3.8) is 0 Å². The highest BCUT2D eigenvalue weighted by atomic mass is 16.3. The highest BCUT2D eigenvalue weighted by Crippen LogP contribution is 2.48. The Bertz CT molecular complexity index is 2920. The summed E-state index contributed by atoms with van der Waals surface area (Å²) in [7, 11) is 0. The standard InChI is InChI=1S/C51H34N2O/c1-5-17-35(18-6-1)38-29-31-44-45(33-38)49-39(30-32-48-50(49)52-51(54-48)37-21-9-3-10-22-37)34-47(44)53(40-23-11-4-12-24-40)46-28-16-15-27-43(46)42-26-14-13-25-41(42)36-19-7-2-8-20-36/h1-34H. The van der Waals surface area contributed by atoms with Gasteiger partial charge in [-0.1, -0.05) is 158 Å². The largest absolute Gasteiger partial charge is 0.436 e. The number of hydrogen-bond donors (Lipinski definition) is 0. The van der Waals surface area contributed by atoms with E-state index in [0.717, 1.165) is 72.0 Å². The van der Waals surface area contributed by atoms with Crippen molar-refractivity contribution < 1.29 is 4.42 Å². The van der Waals surface area contributed by atoms with E-state index in [1.54, 1.807) is 0 Å². The van der Waals surface area contributed by atoms with Crippen LogP contribution in [0.25, 0.3) is 77.5 Å². The van der Waals surface area contributed by atoms with Gasteiger partial charge in [0.25, 0.3) is 0 Å². The fraction of sp³-hybridized carbons (Fsp3) is 0. The highest BCUT2D eigenvalue weighted by Gasteiger charge is 2.23. The molecule has 0 fully saturated rings. The minimum Gasteiger partial charge on any atom is -0.436 e. The molecule has 0 bridgehead atoms. The first kappa shape index (κ1) is 31.5. The van der Waals surface area contributed by atoms with Crippen LogP contribution in [0.5, 0.6) is 0 Å². The Hall–Kier alpha value is -7.23. The van der Waals surface area contributed by atoms with E-state index in [4.69, 9.17) is 9.40 Å². The van der Waals surface area contributed by atoms with E-state index in [9.17, 15) is 0 Å². The molecule has 0 atom stereocenters. The summed E-state index contributed by atoms with van der Waals surface area (Å²) in [6.45, 7) is 0. The molecule has 10 aromatic rings. The molecular formula is C51H34N2O. The summed E-state index contributed by atoms with van der Waals surface area (Å²) in [6.07, 6.45) is 0. The second kappa shape index (κ2) is 13.4. The second-order valence-corrected chi connectivity index (χ2v) is 13.5. The average molecular weight is 691 g/mol. The maximum absolute atomic E-state index is 6.43. The summed E-state index contributed by atoms with van der Waals surface area (Å²) in [5.41, 5.74) is 12.8. The van der Waals surface area contributed by atoms with Gasteiger partial charge < -0.3 is 9.32 Å². The van der Waals surface area contributed by atoms with Crippen molar-refractivity contribution >= 4 is 49.7 Å². The fourth-order valence-electron chi connectivity index (χ4n) is 7.78. The maximum atomic E-state index is 6.43. The zero-order valence-electron chi connectivity index (χ0n) is 29.4. The molecule has 10 rings (SSSR count). The Morgan fingerprint density at radius 2 is 0.981 bits per heavy atom.